The zero-order valence-electron chi connectivity index (χ0n) is 14.7. The van der Waals surface area contributed by atoms with Crippen molar-refractivity contribution in [3.63, 3.8) is 0 Å². The summed E-state index contributed by atoms with van der Waals surface area (Å²) in [7, 11) is 4.43. The Hall–Kier alpha value is -2.48. The summed E-state index contributed by atoms with van der Waals surface area (Å²) in [6.45, 7) is 4.78. The van der Waals surface area contributed by atoms with E-state index >= 15 is 0 Å². The molecule has 2 atom stereocenters. The van der Waals surface area contributed by atoms with E-state index < -0.39 is 0 Å². The lowest BCUT2D eigenvalue weighted by atomic mass is 9.76. The highest BCUT2D eigenvalue weighted by Gasteiger charge is 2.36. The van der Waals surface area contributed by atoms with Crippen LogP contribution >= 0.6 is 0 Å². The van der Waals surface area contributed by atoms with Gasteiger partial charge in [-0.25, -0.2) is 0 Å². The van der Waals surface area contributed by atoms with Crippen LogP contribution in [0.5, 0.6) is 0 Å². The first-order valence-corrected chi connectivity index (χ1v) is 8.76. The fraction of sp³-hybridized carbons (Fsp3) is 0.273. The maximum absolute atomic E-state index is 2.39. The number of benzene rings is 2. The fourth-order valence-corrected chi connectivity index (χ4v) is 4.84. The number of aryl methyl sites for hydroxylation is 2. The van der Waals surface area contributed by atoms with Gasteiger partial charge in [-0.15, -0.1) is 0 Å². The summed E-state index contributed by atoms with van der Waals surface area (Å²) < 4.78 is 4.79. The van der Waals surface area contributed by atoms with Crippen LogP contribution in [0.3, 0.4) is 0 Å². The molecule has 1 aliphatic rings. The van der Waals surface area contributed by atoms with Crippen molar-refractivity contribution in [1.82, 2.24) is 9.13 Å². The Kier molecular flexibility index (Phi) is 2.63. The molecule has 24 heavy (non-hydrogen) atoms. The minimum absolute atomic E-state index is 0.518. The predicted octanol–water partition coefficient (Wildman–Crippen LogP) is 5.56. The van der Waals surface area contributed by atoms with Crippen LogP contribution in [-0.4, -0.2) is 9.13 Å². The highest BCUT2D eigenvalue weighted by atomic mass is 15.0. The maximum atomic E-state index is 2.39. The van der Waals surface area contributed by atoms with Gasteiger partial charge in [0, 0.05) is 35.9 Å². The average Bonchev–Trinajstić information content (AvgIpc) is 3.06. The van der Waals surface area contributed by atoms with Gasteiger partial charge < -0.3 is 9.13 Å². The zero-order valence-corrected chi connectivity index (χ0v) is 14.7. The van der Waals surface area contributed by atoms with Crippen LogP contribution in [0.25, 0.3) is 33.2 Å². The van der Waals surface area contributed by atoms with Crippen molar-refractivity contribution < 1.29 is 0 Å². The van der Waals surface area contributed by atoms with Gasteiger partial charge in [-0.2, -0.15) is 0 Å². The molecule has 0 N–H and O–H groups in total. The molecule has 0 radical (unpaired) electrons. The molecule has 0 aliphatic heterocycles. The smallest absolute Gasteiger partial charge is 0.0695 e. The summed E-state index contributed by atoms with van der Waals surface area (Å²) in [6, 6.07) is 17.7. The van der Waals surface area contributed by atoms with Crippen molar-refractivity contribution in [2.24, 2.45) is 14.1 Å². The third kappa shape index (κ3) is 1.47. The first-order chi connectivity index (χ1) is 11.6. The van der Waals surface area contributed by atoms with Crippen LogP contribution in [0, 0.1) is 0 Å². The molecule has 0 saturated carbocycles. The lowest BCUT2D eigenvalue weighted by Crippen LogP contribution is -2.14. The number of aromatic nitrogens is 2. The first-order valence-electron chi connectivity index (χ1n) is 8.76. The van der Waals surface area contributed by atoms with Gasteiger partial charge >= 0.3 is 0 Å². The lowest BCUT2D eigenvalue weighted by Gasteiger charge is -2.29. The van der Waals surface area contributed by atoms with Crippen LogP contribution in [0.15, 0.2) is 48.5 Å². The normalized spacial score (nSPS) is 19.7. The molecule has 120 valence electrons. The van der Waals surface area contributed by atoms with E-state index in [2.05, 4.69) is 85.6 Å². The van der Waals surface area contributed by atoms with Crippen LogP contribution < -0.4 is 0 Å². The maximum Gasteiger partial charge on any atom is 0.0695 e. The standard InChI is InChI=1S/C22H22N2/c1-13-14(2)20-16-10-6-8-12-18(16)24(4)22(20)21-19(13)15-9-5-7-11-17(15)23(21)3/h5-14H,1-4H3. The third-order valence-corrected chi connectivity index (χ3v) is 6.18. The number of hydrogen-bond donors (Lipinski definition) is 0. The Bertz CT molecular complexity index is 1020. The Morgan fingerprint density at radius 3 is 1.42 bits per heavy atom. The summed E-state index contributed by atoms with van der Waals surface area (Å²) >= 11 is 0. The molecule has 0 saturated heterocycles. The Labute approximate surface area is 142 Å². The van der Waals surface area contributed by atoms with E-state index in [1.165, 1.54) is 44.3 Å². The van der Waals surface area contributed by atoms with Gasteiger partial charge in [-0.05, 0) is 35.1 Å². The molecule has 0 spiro atoms. The van der Waals surface area contributed by atoms with Crippen molar-refractivity contribution in [3.8, 4) is 11.4 Å². The van der Waals surface area contributed by atoms with Crippen molar-refractivity contribution in [2.75, 3.05) is 0 Å². The van der Waals surface area contributed by atoms with Crippen LogP contribution in [-0.2, 0) is 14.1 Å². The molecule has 0 amide bonds. The summed E-state index contributed by atoms with van der Waals surface area (Å²) in [5.41, 5.74) is 8.49. The van der Waals surface area contributed by atoms with Crippen molar-refractivity contribution >= 4 is 21.8 Å². The minimum atomic E-state index is 0.518. The van der Waals surface area contributed by atoms with Gasteiger partial charge in [0.15, 0.2) is 0 Å². The van der Waals surface area contributed by atoms with E-state index in [0.29, 0.717) is 11.8 Å². The van der Waals surface area contributed by atoms with E-state index in [-0.39, 0.29) is 0 Å². The summed E-state index contributed by atoms with van der Waals surface area (Å²) in [5.74, 6) is 1.04. The van der Waals surface area contributed by atoms with Gasteiger partial charge in [0.1, 0.15) is 0 Å². The predicted molar refractivity (Wildman–Crippen MR) is 102 cm³/mol. The van der Waals surface area contributed by atoms with E-state index in [4.69, 9.17) is 0 Å². The van der Waals surface area contributed by atoms with Crippen LogP contribution in [0.2, 0.25) is 0 Å². The van der Waals surface area contributed by atoms with Gasteiger partial charge in [0.2, 0.25) is 0 Å². The average molecular weight is 314 g/mol. The SMILES string of the molecule is CC1c2c(n(C)c3ccccc23)-c2c(c3ccccc3n2C)C1C. The second-order valence-corrected chi connectivity index (χ2v) is 7.25. The highest BCUT2D eigenvalue weighted by Crippen LogP contribution is 2.52. The van der Waals surface area contributed by atoms with E-state index in [1.807, 2.05) is 0 Å². The monoisotopic (exact) mass is 314 g/mol. The van der Waals surface area contributed by atoms with Crippen molar-refractivity contribution in [2.45, 2.75) is 25.7 Å². The Morgan fingerprint density at radius 1 is 0.625 bits per heavy atom. The van der Waals surface area contributed by atoms with E-state index in [9.17, 15) is 0 Å². The topological polar surface area (TPSA) is 9.86 Å². The first kappa shape index (κ1) is 13.9. The lowest BCUT2D eigenvalue weighted by molar-refractivity contribution is 0.616. The van der Waals surface area contributed by atoms with E-state index in [0.717, 1.165) is 0 Å². The molecule has 0 bridgehead atoms. The van der Waals surface area contributed by atoms with Crippen molar-refractivity contribution in [3.05, 3.63) is 59.7 Å². The number of para-hydroxylation sites is 2. The van der Waals surface area contributed by atoms with Crippen LogP contribution in [0.4, 0.5) is 0 Å². The molecule has 2 aromatic carbocycles. The number of rotatable bonds is 0. The quantitative estimate of drug-likeness (QED) is 0.402. The molecule has 1 aliphatic carbocycles. The van der Waals surface area contributed by atoms with Gasteiger partial charge in [-0.3, -0.25) is 0 Å². The van der Waals surface area contributed by atoms with Crippen LogP contribution in [0.1, 0.15) is 36.8 Å². The summed E-state index contributed by atoms with van der Waals surface area (Å²) in [6.07, 6.45) is 0. The Balaban J connectivity index is 2.03. The molecular formula is C22H22N2. The molecule has 2 nitrogen and oxygen atoms in total. The second kappa shape index (κ2) is 4.54. The molecular weight excluding hydrogens is 292 g/mol. The minimum Gasteiger partial charge on any atom is -0.342 e. The fourth-order valence-electron chi connectivity index (χ4n) is 4.84. The summed E-state index contributed by atoms with van der Waals surface area (Å²) in [5, 5.41) is 2.82. The third-order valence-electron chi connectivity index (χ3n) is 6.18. The molecule has 2 heterocycles. The number of hydrogen-bond acceptors (Lipinski definition) is 0. The van der Waals surface area contributed by atoms with Gasteiger partial charge in [-0.1, -0.05) is 50.2 Å². The van der Waals surface area contributed by atoms with E-state index in [1.54, 1.807) is 0 Å². The molecule has 2 aromatic heterocycles. The Morgan fingerprint density at radius 2 is 1.00 bits per heavy atom. The largest absolute Gasteiger partial charge is 0.342 e. The zero-order chi connectivity index (χ0) is 16.6. The molecule has 0 fully saturated rings. The molecule has 2 heteroatoms. The second-order valence-electron chi connectivity index (χ2n) is 7.25. The molecule has 4 aromatic rings. The van der Waals surface area contributed by atoms with Crippen molar-refractivity contribution in [1.29, 1.82) is 0 Å². The molecule has 2 unspecified atom stereocenters. The number of nitrogens with zero attached hydrogens (tertiary/aromatic N) is 2. The van der Waals surface area contributed by atoms with Gasteiger partial charge in [0.05, 0.1) is 11.4 Å². The summed E-state index contributed by atoms with van der Waals surface area (Å²) in [4.78, 5) is 0. The molecule has 5 rings (SSSR count). The number of fused-ring (bicyclic) bond motifs is 7. The van der Waals surface area contributed by atoms with Gasteiger partial charge in [0.25, 0.3) is 0 Å². The highest BCUT2D eigenvalue weighted by molar-refractivity contribution is 5.99.